The highest BCUT2D eigenvalue weighted by Gasteiger charge is 2.23. The van der Waals surface area contributed by atoms with Crippen LogP contribution in [0.1, 0.15) is 36.5 Å². The molecule has 1 aromatic rings. The molecule has 5 nitrogen and oxygen atoms in total. The lowest BCUT2D eigenvalue weighted by atomic mass is 10.1. The van der Waals surface area contributed by atoms with Gasteiger partial charge in [0.1, 0.15) is 12.4 Å². The molecule has 1 aliphatic heterocycles. The summed E-state index contributed by atoms with van der Waals surface area (Å²) in [7, 11) is 0. The van der Waals surface area contributed by atoms with Crippen LogP contribution in [0.4, 0.5) is 4.79 Å². The maximum Gasteiger partial charge on any atom is 0.409 e. The van der Waals surface area contributed by atoms with Gasteiger partial charge in [-0.1, -0.05) is 17.7 Å². The number of hydrogen-bond donors (Lipinski definition) is 1. The van der Waals surface area contributed by atoms with Crippen LogP contribution in [0.25, 0.3) is 0 Å². The van der Waals surface area contributed by atoms with Gasteiger partial charge in [-0.3, -0.25) is 0 Å². The number of amides is 1. The number of carbonyl (C=O) groups is 1. The third-order valence-electron chi connectivity index (χ3n) is 4.41. The Labute approximate surface area is 145 Å². The fourth-order valence-electron chi connectivity index (χ4n) is 3.29. The van der Waals surface area contributed by atoms with E-state index in [9.17, 15) is 4.79 Å². The van der Waals surface area contributed by atoms with E-state index in [1.165, 1.54) is 16.7 Å². The summed E-state index contributed by atoms with van der Waals surface area (Å²) < 4.78 is 11.0. The molecule has 1 N–H and O–H groups in total. The fraction of sp³-hybridized carbons (Fsp3) is 0.632. The first-order valence-corrected chi connectivity index (χ1v) is 8.87. The summed E-state index contributed by atoms with van der Waals surface area (Å²) in [5.74, 6) is 1.000. The van der Waals surface area contributed by atoms with Crippen molar-refractivity contribution in [2.45, 2.75) is 46.6 Å². The Balaban J connectivity index is 1.68. The standard InChI is InChI=1S/C19H30N2O3/c1-5-23-19(22)21-9-6-17(7-10-21)20-8-11-24-18-15(3)12-14(2)13-16(18)4/h12-13,17,20H,5-11H2,1-4H3. The second kappa shape index (κ2) is 8.92. The van der Waals surface area contributed by atoms with E-state index < -0.39 is 0 Å². The zero-order valence-corrected chi connectivity index (χ0v) is 15.4. The topological polar surface area (TPSA) is 50.8 Å². The third kappa shape index (κ3) is 5.13. The first-order valence-electron chi connectivity index (χ1n) is 8.87. The van der Waals surface area contributed by atoms with Crippen LogP contribution in [0, 0.1) is 20.8 Å². The quantitative estimate of drug-likeness (QED) is 0.812. The van der Waals surface area contributed by atoms with Gasteiger partial charge in [-0.2, -0.15) is 0 Å². The van der Waals surface area contributed by atoms with E-state index in [4.69, 9.17) is 9.47 Å². The molecule has 0 radical (unpaired) electrons. The number of hydrogen-bond acceptors (Lipinski definition) is 4. The Morgan fingerprint density at radius 3 is 2.42 bits per heavy atom. The summed E-state index contributed by atoms with van der Waals surface area (Å²) in [5, 5.41) is 3.53. The SMILES string of the molecule is CCOC(=O)N1CCC(NCCOc2c(C)cc(C)cc2C)CC1. The molecular formula is C19H30N2O3. The molecule has 2 rings (SSSR count). The summed E-state index contributed by atoms with van der Waals surface area (Å²) in [6.07, 6.45) is 1.73. The first-order chi connectivity index (χ1) is 11.5. The van der Waals surface area contributed by atoms with E-state index in [0.29, 0.717) is 19.3 Å². The van der Waals surface area contributed by atoms with Gasteiger partial charge in [0.25, 0.3) is 0 Å². The van der Waals surface area contributed by atoms with Gasteiger partial charge in [0.2, 0.25) is 0 Å². The van der Waals surface area contributed by atoms with Gasteiger partial charge >= 0.3 is 6.09 Å². The number of piperidine rings is 1. The van der Waals surface area contributed by atoms with Crippen molar-refractivity contribution in [1.29, 1.82) is 0 Å². The van der Waals surface area contributed by atoms with Gasteiger partial charge in [-0.05, 0) is 51.7 Å². The molecule has 0 unspecified atom stereocenters. The molecule has 0 saturated carbocycles. The van der Waals surface area contributed by atoms with E-state index >= 15 is 0 Å². The molecule has 1 fully saturated rings. The van der Waals surface area contributed by atoms with Gasteiger partial charge in [-0.25, -0.2) is 4.79 Å². The van der Waals surface area contributed by atoms with Crippen molar-refractivity contribution < 1.29 is 14.3 Å². The van der Waals surface area contributed by atoms with Crippen LogP contribution < -0.4 is 10.1 Å². The van der Waals surface area contributed by atoms with Crippen LogP contribution in [0.3, 0.4) is 0 Å². The summed E-state index contributed by atoms with van der Waals surface area (Å²) in [4.78, 5) is 13.5. The lowest BCUT2D eigenvalue weighted by molar-refractivity contribution is 0.0947. The number of nitrogens with zero attached hydrogens (tertiary/aromatic N) is 1. The molecule has 1 heterocycles. The number of nitrogens with one attached hydrogen (secondary N) is 1. The fourth-order valence-corrected chi connectivity index (χ4v) is 3.29. The van der Waals surface area contributed by atoms with Gasteiger partial charge in [0.05, 0.1) is 6.61 Å². The molecule has 1 aromatic carbocycles. The molecule has 0 atom stereocenters. The highest BCUT2D eigenvalue weighted by atomic mass is 16.6. The largest absolute Gasteiger partial charge is 0.492 e. The Morgan fingerprint density at radius 2 is 1.83 bits per heavy atom. The van der Waals surface area contributed by atoms with E-state index in [1.54, 1.807) is 4.90 Å². The van der Waals surface area contributed by atoms with E-state index in [1.807, 2.05) is 6.92 Å². The van der Waals surface area contributed by atoms with E-state index in [2.05, 4.69) is 38.2 Å². The molecular weight excluding hydrogens is 304 g/mol. The molecule has 0 aliphatic carbocycles. The molecule has 0 spiro atoms. The number of likely N-dealkylation sites (tertiary alicyclic amines) is 1. The van der Waals surface area contributed by atoms with E-state index in [-0.39, 0.29) is 6.09 Å². The smallest absolute Gasteiger partial charge is 0.409 e. The van der Waals surface area contributed by atoms with Crippen molar-refractivity contribution in [2.75, 3.05) is 32.8 Å². The molecule has 134 valence electrons. The number of ether oxygens (including phenoxy) is 2. The average molecular weight is 334 g/mol. The zero-order valence-electron chi connectivity index (χ0n) is 15.4. The van der Waals surface area contributed by atoms with Crippen molar-refractivity contribution in [1.82, 2.24) is 10.2 Å². The van der Waals surface area contributed by atoms with Crippen molar-refractivity contribution in [2.24, 2.45) is 0 Å². The van der Waals surface area contributed by atoms with Crippen LogP contribution in [0.2, 0.25) is 0 Å². The second-order valence-electron chi connectivity index (χ2n) is 6.49. The van der Waals surface area contributed by atoms with Gasteiger partial charge in [0.15, 0.2) is 0 Å². The van der Waals surface area contributed by atoms with Crippen molar-refractivity contribution in [3.05, 3.63) is 28.8 Å². The number of aryl methyl sites for hydroxylation is 3. The molecule has 1 aliphatic rings. The average Bonchev–Trinajstić information content (AvgIpc) is 2.54. The molecule has 0 bridgehead atoms. The predicted molar refractivity (Wildman–Crippen MR) is 95.8 cm³/mol. The predicted octanol–water partition coefficient (Wildman–Crippen LogP) is 3.20. The van der Waals surface area contributed by atoms with Crippen molar-refractivity contribution in [3.63, 3.8) is 0 Å². The Kier molecular flexibility index (Phi) is 6.91. The minimum Gasteiger partial charge on any atom is -0.492 e. The van der Waals surface area contributed by atoms with Crippen molar-refractivity contribution >= 4 is 6.09 Å². The number of rotatable bonds is 6. The molecule has 0 aromatic heterocycles. The molecule has 24 heavy (non-hydrogen) atoms. The number of carbonyl (C=O) groups excluding carboxylic acids is 1. The monoisotopic (exact) mass is 334 g/mol. The zero-order chi connectivity index (χ0) is 17.5. The Bertz CT molecular complexity index is 529. The number of benzene rings is 1. The summed E-state index contributed by atoms with van der Waals surface area (Å²) in [6, 6.07) is 4.75. The molecule has 5 heteroatoms. The normalized spacial score (nSPS) is 15.4. The van der Waals surface area contributed by atoms with Crippen LogP contribution in [-0.4, -0.2) is 49.9 Å². The maximum absolute atomic E-state index is 11.7. The maximum atomic E-state index is 11.7. The van der Waals surface area contributed by atoms with Crippen LogP contribution in [-0.2, 0) is 4.74 Å². The second-order valence-corrected chi connectivity index (χ2v) is 6.49. The molecule has 1 amide bonds. The minimum absolute atomic E-state index is 0.190. The summed E-state index contributed by atoms with van der Waals surface area (Å²) in [6.45, 7) is 11.5. The van der Waals surface area contributed by atoms with Gasteiger partial charge < -0.3 is 19.7 Å². The van der Waals surface area contributed by atoms with Crippen LogP contribution >= 0.6 is 0 Å². The molecule has 1 saturated heterocycles. The van der Waals surface area contributed by atoms with Crippen LogP contribution in [0.5, 0.6) is 5.75 Å². The summed E-state index contributed by atoms with van der Waals surface area (Å²) >= 11 is 0. The van der Waals surface area contributed by atoms with Crippen molar-refractivity contribution in [3.8, 4) is 5.75 Å². The Hall–Kier alpha value is -1.75. The minimum atomic E-state index is -0.190. The third-order valence-corrected chi connectivity index (χ3v) is 4.41. The summed E-state index contributed by atoms with van der Waals surface area (Å²) in [5.41, 5.74) is 3.65. The van der Waals surface area contributed by atoms with Crippen LogP contribution in [0.15, 0.2) is 12.1 Å². The first kappa shape index (κ1) is 18.6. The highest BCUT2D eigenvalue weighted by Crippen LogP contribution is 2.24. The Morgan fingerprint density at radius 1 is 1.21 bits per heavy atom. The lowest BCUT2D eigenvalue weighted by Crippen LogP contribution is -2.45. The highest BCUT2D eigenvalue weighted by molar-refractivity contribution is 5.67. The van der Waals surface area contributed by atoms with E-state index in [0.717, 1.165) is 38.2 Å². The van der Waals surface area contributed by atoms with Gasteiger partial charge in [0, 0.05) is 25.7 Å². The lowest BCUT2D eigenvalue weighted by Gasteiger charge is -2.31. The van der Waals surface area contributed by atoms with Gasteiger partial charge in [-0.15, -0.1) is 0 Å².